The van der Waals surface area contributed by atoms with Crippen molar-refractivity contribution in [2.75, 3.05) is 18.1 Å². The van der Waals surface area contributed by atoms with Gasteiger partial charge in [-0.1, -0.05) is 0 Å². The lowest BCUT2D eigenvalue weighted by Gasteiger charge is -2.12. The Morgan fingerprint density at radius 1 is 1.43 bits per heavy atom. The van der Waals surface area contributed by atoms with E-state index in [1.165, 1.54) is 6.26 Å². The number of sulfonamides is 1. The molecule has 7 N–H and O–H groups in total. The van der Waals surface area contributed by atoms with Crippen LogP contribution in [0.5, 0.6) is 0 Å². The lowest BCUT2D eigenvalue weighted by molar-refractivity contribution is -0.132. The third kappa shape index (κ3) is 6.20. The Bertz CT molecular complexity index is 958. The van der Waals surface area contributed by atoms with E-state index in [0.717, 1.165) is 18.0 Å². The molecule has 1 aromatic rings. The first-order chi connectivity index (χ1) is 13.0. The van der Waals surface area contributed by atoms with E-state index < -0.39 is 50.7 Å². The van der Waals surface area contributed by atoms with Gasteiger partial charge in [0.15, 0.2) is 23.3 Å². The highest BCUT2D eigenvalue weighted by molar-refractivity contribution is 8.03. The van der Waals surface area contributed by atoms with Crippen LogP contribution >= 0.6 is 11.8 Å². The molecule has 0 saturated heterocycles. The third-order valence-electron chi connectivity index (χ3n) is 2.80. The largest absolute Gasteiger partial charge is 0.476 e. The number of hydrogen-bond acceptors (Lipinski definition) is 8. The molecule has 1 heterocycles. The maximum absolute atomic E-state index is 14.1. The molecule has 1 rings (SSSR count). The number of aliphatic imine (C=N–C) groups is 2. The molecule has 0 saturated carbocycles. The van der Waals surface area contributed by atoms with Crippen LogP contribution in [0.1, 0.15) is 0 Å². The molecular formula is C13H16FN7O5S2. The van der Waals surface area contributed by atoms with Gasteiger partial charge in [-0.25, -0.2) is 27.6 Å². The van der Waals surface area contributed by atoms with Crippen molar-refractivity contribution >= 4 is 52.2 Å². The summed E-state index contributed by atoms with van der Waals surface area (Å²) in [7, 11) is -4.40. The second-order valence-electron chi connectivity index (χ2n) is 4.74. The van der Waals surface area contributed by atoms with Gasteiger partial charge in [0.25, 0.3) is 10.0 Å². The van der Waals surface area contributed by atoms with Crippen molar-refractivity contribution in [3.63, 3.8) is 0 Å². The molecule has 152 valence electrons. The molecule has 1 aromatic heterocycles. The maximum atomic E-state index is 14.1. The van der Waals surface area contributed by atoms with Gasteiger partial charge >= 0.3 is 5.97 Å². The maximum Gasteiger partial charge on any atom is 0.357 e. The molecular weight excluding hydrogens is 417 g/mol. The fraction of sp³-hybridized carbons (Fsp3) is 0.154. The lowest BCUT2D eigenvalue weighted by Crippen LogP contribution is -2.26. The van der Waals surface area contributed by atoms with Crippen molar-refractivity contribution in [1.29, 1.82) is 0 Å². The first-order valence-electron chi connectivity index (χ1n) is 7.03. The molecule has 0 radical (unpaired) electrons. The molecule has 28 heavy (non-hydrogen) atoms. The van der Waals surface area contributed by atoms with Crippen LogP contribution in [-0.2, 0) is 19.6 Å². The molecule has 0 aliphatic rings. The molecule has 0 spiro atoms. The molecule has 1 amide bonds. The smallest absolute Gasteiger partial charge is 0.357 e. The van der Waals surface area contributed by atoms with Crippen molar-refractivity contribution < 1.29 is 27.5 Å². The van der Waals surface area contributed by atoms with Crippen LogP contribution in [0.15, 0.2) is 37.9 Å². The first kappa shape index (κ1) is 22.8. The molecule has 12 nitrogen and oxygen atoms in total. The number of nitrogens with zero attached hydrogens (tertiary/aromatic N) is 3. The van der Waals surface area contributed by atoms with Crippen LogP contribution in [0.2, 0.25) is 0 Å². The Labute approximate surface area is 163 Å². The number of halogens is 1. The van der Waals surface area contributed by atoms with Crippen molar-refractivity contribution in [3.05, 3.63) is 28.8 Å². The fourth-order valence-corrected chi connectivity index (χ4v) is 3.51. The summed E-state index contributed by atoms with van der Waals surface area (Å²) >= 11 is 0.747. The summed E-state index contributed by atoms with van der Waals surface area (Å²) in [6.45, 7) is 2.57. The summed E-state index contributed by atoms with van der Waals surface area (Å²) in [5.74, 6) is -4.34. The summed E-state index contributed by atoms with van der Waals surface area (Å²) in [5.41, 5.74) is 9.50. The van der Waals surface area contributed by atoms with Crippen LogP contribution in [0.25, 0.3) is 0 Å². The van der Waals surface area contributed by atoms with E-state index in [1.807, 2.05) is 4.72 Å². The monoisotopic (exact) mass is 433 g/mol. The number of guanidine groups is 1. The normalized spacial score (nSPS) is 11.8. The summed E-state index contributed by atoms with van der Waals surface area (Å²) in [6, 6.07) is 0.589. The van der Waals surface area contributed by atoms with E-state index in [-0.39, 0.29) is 11.0 Å². The zero-order chi connectivity index (χ0) is 21.5. The number of nitrogens with one attached hydrogen (secondary N) is 2. The third-order valence-corrected chi connectivity index (χ3v) is 4.95. The summed E-state index contributed by atoms with van der Waals surface area (Å²) in [6.07, 6.45) is 2.17. The first-order valence-corrected chi connectivity index (χ1v) is 9.74. The Balaban J connectivity index is 3.12. The number of carbonyl (C=O) groups is 2. The number of pyridine rings is 1. The number of carboxylic acids is 1. The van der Waals surface area contributed by atoms with Crippen molar-refractivity contribution in [2.24, 2.45) is 21.5 Å². The average Bonchev–Trinajstić information content (AvgIpc) is 2.60. The number of carbonyl (C=O) groups excluding carboxylic acids is 1. The molecule has 0 unspecified atom stereocenters. The SMILES string of the molecule is C=N/C(C(=O)O)=C(/NS(=O)(=O)c1cnc(NC(=O)CN=C(N)N)c(F)c1)SC. The average molecular weight is 433 g/mol. The highest BCUT2D eigenvalue weighted by Crippen LogP contribution is 2.21. The van der Waals surface area contributed by atoms with Crippen LogP contribution in [-0.4, -0.2) is 55.9 Å². The van der Waals surface area contributed by atoms with E-state index in [1.54, 1.807) is 0 Å². The van der Waals surface area contributed by atoms with Gasteiger partial charge in [-0.05, 0) is 19.0 Å². The predicted molar refractivity (Wildman–Crippen MR) is 102 cm³/mol. The van der Waals surface area contributed by atoms with Crippen LogP contribution < -0.4 is 21.5 Å². The second-order valence-corrected chi connectivity index (χ2v) is 7.24. The van der Waals surface area contributed by atoms with Crippen LogP contribution in [0.3, 0.4) is 0 Å². The number of aliphatic carboxylic acids is 1. The topological polar surface area (TPSA) is 202 Å². The highest BCUT2D eigenvalue weighted by Gasteiger charge is 2.22. The van der Waals surface area contributed by atoms with Gasteiger partial charge in [0.1, 0.15) is 16.5 Å². The van der Waals surface area contributed by atoms with Crippen molar-refractivity contribution in [3.8, 4) is 0 Å². The van der Waals surface area contributed by atoms with E-state index in [9.17, 15) is 22.4 Å². The van der Waals surface area contributed by atoms with E-state index >= 15 is 0 Å². The van der Waals surface area contributed by atoms with Crippen LogP contribution in [0, 0.1) is 5.82 Å². The molecule has 0 atom stereocenters. The summed E-state index contributed by atoms with van der Waals surface area (Å²) in [4.78, 5) is 32.2. The Hall–Kier alpha value is -3.20. The number of amides is 1. The van der Waals surface area contributed by atoms with Crippen molar-refractivity contribution in [2.45, 2.75) is 4.90 Å². The molecule has 0 aromatic carbocycles. The number of aromatic nitrogens is 1. The number of nitrogens with two attached hydrogens (primary N) is 2. The highest BCUT2D eigenvalue weighted by atomic mass is 32.2. The molecule has 15 heteroatoms. The number of anilines is 1. The van der Waals surface area contributed by atoms with Gasteiger partial charge in [0.2, 0.25) is 5.91 Å². The summed E-state index contributed by atoms with van der Waals surface area (Å²) in [5, 5.41) is 10.7. The zero-order valence-corrected chi connectivity index (χ0v) is 16.0. The minimum absolute atomic E-state index is 0.336. The Morgan fingerprint density at radius 3 is 2.54 bits per heavy atom. The quantitative estimate of drug-likeness (QED) is 0.184. The number of carboxylic acid groups (broad SMARTS) is 1. The van der Waals surface area contributed by atoms with Crippen LogP contribution in [0.4, 0.5) is 10.2 Å². The second kappa shape index (κ2) is 9.65. The minimum atomic E-state index is -4.40. The van der Waals surface area contributed by atoms with Gasteiger partial charge in [0, 0.05) is 0 Å². The molecule has 0 aliphatic heterocycles. The van der Waals surface area contributed by atoms with E-state index in [0.29, 0.717) is 6.07 Å². The Kier molecular flexibility index (Phi) is 7.87. The van der Waals surface area contributed by atoms with Gasteiger partial charge in [-0.15, -0.1) is 11.8 Å². The lowest BCUT2D eigenvalue weighted by atomic mass is 10.4. The number of thioether (sulfide) groups is 1. The predicted octanol–water partition coefficient (Wildman–Crippen LogP) is -0.972. The zero-order valence-electron chi connectivity index (χ0n) is 14.3. The van der Waals surface area contributed by atoms with Gasteiger partial charge in [0.05, 0.1) is 6.20 Å². The molecule has 0 fully saturated rings. The minimum Gasteiger partial charge on any atom is -0.476 e. The molecule has 0 bridgehead atoms. The molecule has 0 aliphatic carbocycles. The van der Waals surface area contributed by atoms with Gasteiger partial charge < -0.3 is 21.9 Å². The number of hydrogen-bond donors (Lipinski definition) is 5. The fourth-order valence-electron chi connectivity index (χ4n) is 1.60. The van der Waals surface area contributed by atoms with E-state index in [4.69, 9.17) is 16.6 Å². The number of rotatable bonds is 9. The van der Waals surface area contributed by atoms with Gasteiger partial charge in [-0.2, -0.15) is 0 Å². The van der Waals surface area contributed by atoms with Crippen molar-refractivity contribution in [1.82, 2.24) is 9.71 Å². The van der Waals surface area contributed by atoms with Gasteiger partial charge in [-0.3, -0.25) is 14.5 Å². The standard InChI is InChI=1S/C13H16FN7O5S2/c1-17-9(12(23)24)11(27-2)21-28(25,26)6-3-7(14)10(18-4-6)20-8(22)5-19-13(15)16/h3-4,21H,1,5H2,2H3,(H,23,24)(H4,15,16,19)(H,18,20,22)/b11-9-. The summed E-state index contributed by atoms with van der Waals surface area (Å²) < 4.78 is 40.8. The Morgan fingerprint density at radius 2 is 2.07 bits per heavy atom. The van der Waals surface area contributed by atoms with E-state index in [2.05, 4.69) is 27.0 Å².